The molecule has 3 aliphatic rings. The van der Waals surface area contributed by atoms with Crippen LogP contribution in [0.15, 0.2) is 4.99 Å². The van der Waals surface area contributed by atoms with Gasteiger partial charge in [0.05, 0.1) is 32.0 Å². The van der Waals surface area contributed by atoms with Gasteiger partial charge in [-0.15, -0.1) is 0 Å². The molecule has 3 saturated heterocycles. The van der Waals surface area contributed by atoms with Gasteiger partial charge in [-0.1, -0.05) is 0 Å². The van der Waals surface area contributed by atoms with Crippen molar-refractivity contribution in [1.29, 1.82) is 0 Å². The Labute approximate surface area is 170 Å². The SMILES string of the molecule is CN=C(NCCCOCC1CCOC1)N1CCC(OCC2CCCCO2)CC1. The lowest BCUT2D eigenvalue weighted by Crippen LogP contribution is -2.47. The van der Waals surface area contributed by atoms with Crippen LogP contribution < -0.4 is 5.32 Å². The lowest BCUT2D eigenvalue weighted by Gasteiger charge is -2.35. The first-order chi connectivity index (χ1) is 13.8. The van der Waals surface area contributed by atoms with Crippen LogP contribution in [0.5, 0.6) is 0 Å². The molecule has 0 saturated carbocycles. The number of aliphatic imine (C=N–C) groups is 1. The van der Waals surface area contributed by atoms with Crippen LogP contribution in [0.1, 0.15) is 44.9 Å². The molecule has 0 aromatic carbocycles. The fourth-order valence-corrected chi connectivity index (χ4v) is 4.09. The second-order valence-electron chi connectivity index (χ2n) is 8.14. The molecule has 162 valence electrons. The normalized spacial score (nSPS) is 27.3. The Morgan fingerprint density at radius 2 is 2.00 bits per heavy atom. The van der Waals surface area contributed by atoms with Gasteiger partial charge in [-0.05, 0) is 44.9 Å². The Morgan fingerprint density at radius 3 is 2.71 bits per heavy atom. The molecule has 2 unspecified atom stereocenters. The van der Waals surface area contributed by atoms with Gasteiger partial charge >= 0.3 is 0 Å². The second-order valence-corrected chi connectivity index (χ2v) is 8.14. The van der Waals surface area contributed by atoms with Crippen LogP contribution in [0.25, 0.3) is 0 Å². The zero-order valence-corrected chi connectivity index (χ0v) is 17.6. The molecular formula is C21H39N3O4. The zero-order chi connectivity index (χ0) is 19.4. The van der Waals surface area contributed by atoms with Crippen molar-refractivity contribution in [3.05, 3.63) is 0 Å². The van der Waals surface area contributed by atoms with Gasteiger partial charge in [-0.2, -0.15) is 0 Å². The molecule has 28 heavy (non-hydrogen) atoms. The fraction of sp³-hybridized carbons (Fsp3) is 0.952. The maximum absolute atomic E-state index is 6.11. The molecule has 0 aliphatic carbocycles. The number of likely N-dealkylation sites (tertiary alicyclic amines) is 1. The summed E-state index contributed by atoms with van der Waals surface area (Å²) in [4.78, 5) is 6.79. The van der Waals surface area contributed by atoms with Crippen LogP contribution in [-0.4, -0.2) is 89.4 Å². The first kappa shape index (κ1) is 21.8. The van der Waals surface area contributed by atoms with Crippen molar-refractivity contribution in [2.24, 2.45) is 10.9 Å². The average molecular weight is 398 g/mol. The lowest BCUT2D eigenvalue weighted by atomic mass is 10.1. The van der Waals surface area contributed by atoms with E-state index in [0.717, 1.165) is 97.3 Å². The van der Waals surface area contributed by atoms with E-state index in [1.54, 1.807) is 0 Å². The third kappa shape index (κ3) is 7.50. The highest BCUT2D eigenvalue weighted by Crippen LogP contribution is 2.18. The Bertz CT molecular complexity index is 443. The van der Waals surface area contributed by atoms with Gasteiger partial charge in [0.1, 0.15) is 0 Å². The highest BCUT2D eigenvalue weighted by atomic mass is 16.5. The van der Waals surface area contributed by atoms with E-state index >= 15 is 0 Å². The Kier molecular flexibility index (Phi) is 9.83. The summed E-state index contributed by atoms with van der Waals surface area (Å²) in [6.45, 7) is 7.90. The van der Waals surface area contributed by atoms with E-state index in [-0.39, 0.29) is 0 Å². The molecule has 0 aromatic heterocycles. The van der Waals surface area contributed by atoms with Crippen LogP contribution >= 0.6 is 0 Å². The molecule has 0 spiro atoms. The highest BCUT2D eigenvalue weighted by Gasteiger charge is 2.23. The number of nitrogens with zero attached hydrogens (tertiary/aromatic N) is 2. The van der Waals surface area contributed by atoms with E-state index in [1.165, 1.54) is 12.8 Å². The van der Waals surface area contributed by atoms with E-state index in [9.17, 15) is 0 Å². The number of piperidine rings is 1. The first-order valence-corrected chi connectivity index (χ1v) is 11.2. The standard InChI is InChI=1S/C21H39N3O4/c1-22-21(23-9-4-12-25-15-18-8-14-26-16-18)24-10-6-19(7-11-24)28-17-20-5-2-3-13-27-20/h18-20H,2-17H2,1H3,(H,22,23). The zero-order valence-electron chi connectivity index (χ0n) is 17.6. The number of hydrogen-bond acceptors (Lipinski definition) is 5. The van der Waals surface area contributed by atoms with Crippen molar-refractivity contribution in [3.63, 3.8) is 0 Å². The summed E-state index contributed by atoms with van der Waals surface area (Å²) in [5, 5.41) is 3.48. The van der Waals surface area contributed by atoms with Gasteiger partial charge < -0.3 is 29.2 Å². The van der Waals surface area contributed by atoms with Crippen molar-refractivity contribution in [2.45, 2.75) is 57.2 Å². The Balaban J connectivity index is 1.23. The summed E-state index contributed by atoms with van der Waals surface area (Å²) in [6, 6.07) is 0. The molecule has 0 radical (unpaired) electrons. The van der Waals surface area contributed by atoms with Gasteiger partial charge in [0.15, 0.2) is 5.96 Å². The van der Waals surface area contributed by atoms with Gasteiger partial charge in [-0.3, -0.25) is 4.99 Å². The largest absolute Gasteiger partial charge is 0.381 e. The number of guanidine groups is 1. The summed E-state index contributed by atoms with van der Waals surface area (Å²) in [7, 11) is 1.86. The minimum absolute atomic E-state index is 0.310. The van der Waals surface area contributed by atoms with Gasteiger partial charge in [0, 0.05) is 52.4 Å². The number of ether oxygens (including phenoxy) is 4. The van der Waals surface area contributed by atoms with Gasteiger partial charge in [0.25, 0.3) is 0 Å². The van der Waals surface area contributed by atoms with E-state index in [2.05, 4.69) is 15.2 Å². The predicted octanol–water partition coefficient (Wildman–Crippen LogP) is 2.06. The third-order valence-corrected chi connectivity index (χ3v) is 5.87. The van der Waals surface area contributed by atoms with Crippen LogP contribution in [0, 0.1) is 5.92 Å². The molecule has 1 N–H and O–H groups in total. The molecule has 0 amide bonds. The maximum Gasteiger partial charge on any atom is 0.193 e. The van der Waals surface area contributed by atoms with E-state index < -0.39 is 0 Å². The monoisotopic (exact) mass is 397 g/mol. The molecule has 3 aliphatic heterocycles. The molecular weight excluding hydrogens is 358 g/mol. The third-order valence-electron chi connectivity index (χ3n) is 5.87. The lowest BCUT2D eigenvalue weighted by molar-refractivity contribution is -0.0721. The summed E-state index contributed by atoms with van der Waals surface area (Å²) < 4.78 is 23.0. The van der Waals surface area contributed by atoms with Crippen LogP contribution in [0.4, 0.5) is 0 Å². The molecule has 0 aromatic rings. The molecule has 7 heteroatoms. The van der Waals surface area contributed by atoms with Crippen molar-refractivity contribution in [3.8, 4) is 0 Å². The van der Waals surface area contributed by atoms with Crippen LogP contribution in [0.3, 0.4) is 0 Å². The molecule has 7 nitrogen and oxygen atoms in total. The molecule has 3 fully saturated rings. The summed E-state index contributed by atoms with van der Waals surface area (Å²) in [6.07, 6.45) is 8.52. The second kappa shape index (κ2) is 12.6. The smallest absolute Gasteiger partial charge is 0.193 e. The number of hydrogen-bond donors (Lipinski definition) is 1. The molecule has 2 atom stereocenters. The minimum Gasteiger partial charge on any atom is -0.381 e. The summed E-state index contributed by atoms with van der Waals surface area (Å²) in [5.41, 5.74) is 0. The average Bonchev–Trinajstić information content (AvgIpc) is 3.27. The van der Waals surface area contributed by atoms with Crippen molar-refractivity contribution >= 4 is 5.96 Å². The van der Waals surface area contributed by atoms with Crippen LogP contribution in [-0.2, 0) is 18.9 Å². The summed E-state index contributed by atoms with van der Waals surface area (Å²) in [5.74, 6) is 1.59. The van der Waals surface area contributed by atoms with Crippen molar-refractivity contribution in [1.82, 2.24) is 10.2 Å². The minimum atomic E-state index is 0.310. The quantitative estimate of drug-likeness (QED) is 0.365. The number of rotatable bonds is 9. The van der Waals surface area contributed by atoms with Gasteiger partial charge in [0.2, 0.25) is 0 Å². The summed E-state index contributed by atoms with van der Waals surface area (Å²) >= 11 is 0. The topological polar surface area (TPSA) is 64.6 Å². The van der Waals surface area contributed by atoms with E-state index in [0.29, 0.717) is 18.1 Å². The highest BCUT2D eigenvalue weighted by molar-refractivity contribution is 5.79. The molecule has 3 rings (SSSR count). The Hall–Kier alpha value is -0.890. The molecule has 0 bridgehead atoms. The number of nitrogens with one attached hydrogen (secondary N) is 1. The first-order valence-electron chi connectivity index (χ1n) is 11.2. The van der Waals surface area contributed by atoms with Crippen molar-refractivity contribution < 1.29 is 18.9 Å². The van der Waals surface area contributed by atoms with E-state index in [4.69, 9.17) is 18.9 Å². The Morgan fingerprint density at radius 1 is 1.11 bits per heavy atom. The fourth-order valence-electron chi connectivity index (χ4n) is 4.09. The van der Waals surface area contributed by atoms with Crippen LogP contribution in [0.2, 0.25) is 0 Å². The maximum atomic E-state index is 6.11. The predicted molar refractivity (Wildman–Crippen MR) is 110 cm³/mol. The van der Waals surface area contributed by atoms with Crippen molar-refractivity contribution in [2.75, 3.05) is 66.3 Å². The molecule has 3 heterocycles. The van der Waals surface area contributed by atoms with E-state index in [1.807, 2.05) is 7.05 Å². The van der Waals surface area contributed by atoms with Gasteiger partial charge in [-0.25, -0.2) is 0 Å².